The number of aryl methyl sites for hydroxylation is 1. The van der Waals surface area contributed by atoms with E-state index in [0.29, 0.717) is 70.1 Å². The molecule has 8 rings (SSSR count). The topological polar surface area (TPSA) is 193 Å². The van der Waals surface area contributed by atoms with Gasteiger partial charge < -0.3 is 39.4 Å². The number of methoxy groups -OCH3 is 1. The molecule has 3 N–H and O–H groups in total. The molecule has 4 aliphatic heterocycles. The lowest BCUT2D eigenvalue weighted by atomic mass is 9.84. The molecule has 0 spiro atoms. The molecule has 7 heterocycles. The minimum Gasteiger partial charge on any atom is -0.464 e. The molecule has 5 amide bonds. The fourth-order valence-electron chi connectivity index (χ4n) is 9.66. The Kier molecular flexibility index (Phi) is 13.9. The van der Waals surface area contributed by atoms with Crippen LogP contribution in [0.15, 0.2) is 41.9 Å². The maximum Gasteiger partial charge on any atom is 0.324 e. The van der Waals surface area contributed by atoms with Crippen LogP contribution in [-0.2, 0) is 48.0 Å². The Morgan fingerprint density at radius 2 is 1.82 bits per heavy atom. The number of likely N-dealkylation sites (N-methyl/N-ethyl adjacent to an activating group) is 1. The van der Waals surface area contributed by atoms with E-state index in [1.54, 1.807) is 30.2 Å². The third-order valence-electron chi connectivity index (χ3n) is 13.3. The van der Waals surface area contributed by atoms with E-state index in [-0.39, 0.29) is 43.0 Å². The third kappa shape index (κ3) is 9.69. The number of fused-ring (bicyclic) bond motifs is 6. The van der Waals surface area contributed by atoms with Gasteiger partial charge in [-0.1, -0.05) is 33.8 Å². The highest BCUT2D eigenvalue weighted by Crippen LogP contribution is 2.42. The first kappa shape index (κ1) is 47.1. The molecule has 3 fully saturated rings. The molecule has 354 valence electrons. The van der Waals surface area contributed by atoms with E-state index in [1.807, 2.05) is 32.2 Å². The Morgan fingerprint density at radius 1 is 1.08 bits per heavy atom. The van der Waals surface area contributed by atoms with E-state index >= 15 is 0 Å². The minimum absolute atomic E-state index is 0.0477. The average Bonchev–Trinajstić information content (AvgIpc) is 3.99. The van der Waals surface area contributed by atoms with E-state index in [4.69, 9.17) is 19.4 Å². The van der Waals surface area contributed by atoms with Gasteiger partial charge in [0.1, 0.15) is 18.1 Å². The van der Waals surface area contributed by atoms with Crippen molar-refractivity contribution < 1.29 is 33.4 Å². The van der Waals surface area contributed by atoms with Crippen LogP contribution in [0.25, 0.3) is 33.4 Å². The van der Waals surface area contributed by atoms with Crippen molar-refractivity contribution in [2.45, 2.75) is 104 Å². The van der Waals surface area contributed by atoms with Gasteiger partial charge in [0.05, 0.1) is 40.8 Å². The number of aromatic nitrogens is 3. The lowest BCUT2D eigenvalue weighted by Crippen LogP contribution is -2.63. The number of cyclic esters (lactones) is 1. The first-order chi connectivity index (χ1) is 31.6. The number of carbonyl (C=O) groups excluding carboxylic acids is 5. The second-order valence-corrected chi connectivity index (χ2v) is 20.1. The van der Waals surface area contributed by atoms with Crippen LogP contribution in [0.1, 0.15) is 76.8 Å². The van der Waals surface area contributed by atoms with Crippen molar-refractivity contribution in [2.75, 3.05) is 60.0 Å². The van der Waals surface area contributed by atoms with Crippen molar-refractivity contribution in [3.05, 3.63) is 58.2 Å². The molecule has 0 aliphatic carbocycles. The van der Waals surface area contributed by atoms with Crippen LogP contribution in [0, 0.1) is 11.3 Å². The number of piperazine rings is 1. The van der Waals surface area contributed by atoms with Crippen molar-refractivity contribution in [3.8, 4) is 22.5 Å². The number of hydrogen-bond acceptors (Lipinski definition) is 12. The summed E-state index contributed by atoms with van der Waals surface area (Å²) in [4.78, 5) is 84.4. The van der Waals surface area contributed by atoms with Crippen molar-refractivity contribution in [1.29, 1.82) is 0 Å². The van der Waals surface area contributed by atoms with Crippen LogP contribution in [-0.4, -0.2) is 148 Å². The molecule has 5 atom stereocenters. The summed E-state index contributed by atoms with van der Waals surface area (Å²) in [7, 11) is 3.29. The normalized spacial score (nSPS) is 22.1. The van der Waals surface area contributed by atoms with Gasteiger partial charge >= 0.3 is 12.0 Å². The highest BCUT2D eigenvalue weighted by molar-refractivity contribution is 7.10. The van der Waals surface area contributed by atoms with Crippen LogP contribution < -0.4 is 16.1 Å². The molecule has 0 saturated carbocycles. The molecule has 1 aromatic carbocycles. The highest BCUT2D eigenvalue weighted by Gasteiger charge is 2.40. The molecule has 18 heteroatoms. The number of nitrogens with one attached hydrogen (secondary N) is 3. The van der Waals surface area contributed by atoms with E-state index in [9.17, 15) is 24.0 Å². The Hall–Kier alpha value is -5.43. The second-order valence-electron chi connectivity index (χ2n) is 19.1. The number of thiazole rings is 1. The average molecular weight is 925 g/mol. The number of rotatable bonds is 9. The Morgan fingerprint density at radius 3 is 2.52 bits per heavy atom. The summed E-state index contributed by atoms with van der Waals surface area (Å²) < 4.78 is 14.2. The van der Waals surface area contributed by atoms with Crippen LogP contribution >= 0.6 is 11.3 Å². The van der Waals surface area contributed by atoms with Crippen molar-refractivity contribution in [3.63, 3.8) is 0 Å². The van der Waals surface area contributed by atoms with Gasteiger partial charge in [-0.2, -0.15) is 0 Å². The quantitative estimate of drug-likeness (QED) is 0.159. The SMILES string of the molecule is CCn1c(-c2cccnc2[C@H](C)OC)c2c3cc(ccc31)-c1csc(n1)C[C@H](NC(=O)C(C(C)C)N(C)C(=O)N1CCN(C(=O)[C@H]3CN3)CC1)C(=O)N1CCC[C@H](N1)C(=O)OCC(C)(C)C2. The maximum absolute atomic E-state index is 14.6. The summed E-state index contributed by atoms with van der Waals surface area (Å²) in [6.45, 7) is 15.4. The molecule has 4 aliphatic rings. The van der Waals surface area contributed by atoms with E-state index in [2.05, 4.69) is 65.7 Å². The fraction of sp³-hybridized carbons (Fsp3) is 0.562. The van der Waals surface area contributed by atoms with Crippen molar-refractivity contribution in [1.82, 2.24) is 50.3 Å². The smallest absolute Gasteiger partial charge is 0.324 e. The molecule has 66 heavy (non-hydrogen) atoms. The largest absolute Gasteiger partial charge is 0.464 e. The lowest BCUT2D eigenvalue weighted by Gasteiger charge is -2.39. The van der Waals surface area contributed by atoms with Gasteiger partial charge in [0.15, 0.2) is 0 Å². The predicted molar refractivity (Wildman–Crippen MR) is 251 cm³/mol. The number of ether oxygens (including phenoxy) is 2. The summed E-state index contributed by atoms with van der Waals surface area (Å²) in [5, 5.41) is 11.2. The van der Waals surface area contributed by atoms with E-state index in [0.717, 1.165) is 44.7 Å². The monoisotopic (exact) mass is 924 g/mol. The highest BCUT2D eigenvalue weighted by atomic mass is 32.1. The van der Waals surface area contributed by atoms with Gasteiger partial charge in [-0.15, -0.1) is 11.3 Å². The summed E-state index contributed by atoms with van der Waals surface area (Å²) in [6.07, 6.45) is 3.20. The number of nitrogens with zero attached hydrogens (tertiary/aromatic N) is 7. The summed E-state index contributed by atoms with van der Waals surface area (Å²) in [6, 6.07) is 7.18. The van der Waals surface area contributed by atoms with Crippen molar-refractivity contribution in [2.24, 2.45) is 11.3 Å². The van der Waals surface area contributed by atoms with Gasteiger partial charge in [0, 0.05) is 105 Å². The number of esters is 1. The van der Waals surface area contributed by atoms with Crippen LogP contribution in [0.2, 0.25) is 0 Å². The first-order valence-electron chi connectivity index (χ1n) is 23.3. The number of hydrazine groups is 1. The summed E-state index contributed by atoms with van der Waals surface area (Å²) >= 11 is 1.41. The standard InChI is InChI=1S/C48H64N10O7S/c1-9-57-38-15-14-30-22-32(38)33(42(57)31-12-10-16-49-40(31)29(4)64-8)24-48(5,6)27-65-46(62)34-13-11-17-58(53-34)45(61)35(23-39-51-37(30)26-66-39)52-43(59)41(28(2)3)54(7)47(63)56-20-18-55(19-21-56)44(60)36-25-50-36/h10,12,14-16,22,26,28-29,34-36,41,50,53H,9,11,13,17-21,23-25,27H2,1-8H3,(H,52,59)/t29-,34-,35-,36+,41?/m0/s1. The maximum atomic E-state index is 14.6. The number of urea groups is 1. The Labute approximate surface area is 390 Å². The van der Waals surface area contributed by atoms with E-state index < -0.39 is 41.3 Å². The fourth-order valence-corrected chi connectivity index (χ4v) is 10.5. The molecule has 3 aromatic heterocycles. The molecular formula is C48H64N10O7S. The number of amides is 5. The van der Waals surface area contributed by atoms with Gasteiger partial charge in [-0.05, 0) is 68.9 Å². The Bertz CT molecular complexity index is 2470. The minimum atomic E-state index is -1.08. The Balaban J connectivity index is 1.13. The van der Waals surface area contributed by atoms with Gasteiger partial charge in [-0.25, -0.2) is 15.2 Å². The molecule has 0 radical (unpaired) electrons. The zero-order valence-corrected chi connectivity index (χ0v) is 40.2. The molecule has 1 unspecified atom stereocenters. The molecule has 17 nitrogen and oxygen atoms in total. The lowest BCUT2D eigenvalue weighted by molar-refractivity contribution is -0.155. The summed E-state index contributed by atoms with van der Waals surface area (Å²) in [5.74, 6) is -1.61. The molecule has 4 aromatic rings. The third-order valence-corrected chi connectivity index (χ3v) is 14.2. The zero-order valence-electron chi connectivity index (χ0n) is 39.4. The molecular weight excluding hydrogens is 861 g/mol. The summed E-state index contributed by atoms with van der Waals surface area (Å²) in [5.41, 5.74) is 9.28. The molecule has 6 bridgehead atoms. The van der Waals surface area contributed by atoms with Crippen LogP contribution in [0.5, 0.6) is 0 Å². The number of benzene rings is 1. The zero-order chi connectivity index (χ0) is 47.0. The molecule has 3 saturated heterocycles. The number of carbonyl (C=O) groups is 5. The predicted octanol–water partition coefficient (Wildman–Crippen LogP) is 4.39. The van der Waals surface area contributed by atoms with Gasteiger partial charge in [-0.3, -0.25) is 29.2 Å². The number of hydrogen-bond donors (Lipinski definition) is 3. The van der Waals surface area contributed by atoms with Gasteiger partial charge in [0.25, 0.3) is 5.91 Å². The second kappa shape index (κ2) is 19.4. The van der Waals surface area contributed by atoms with Gasteiger partial charge in [0.2, 0.25) is 11.8 Å². The first-order valence-corrected chi connectivity index (χ1v) is 24.1. The number of pyridine rings is 1. The van der Waals surface area contributed by atoms with Crippen LogP contribution in [0.4, 0.5) is 4.79 Å². The van der Waals surface area contributed by atoms with E-state index in [1.165, 1.54) is 21.2 Å². The van der Waals surface area contributed by atoms with Crippen LogP contribution in [0.3, 0.4) is 0 Å². The van der Waals surface area contributed by atoms with Crippen molar-refractivity contribution >= 4 is 52.0 Å².